The van der Waals surface area contributed by atoms with Crippen molar-refractivity contribution in [3.05, 3.63) is 36.2 Å². The molecule has 3 nitrogen and oxygen atoms in total. The summed E-state index contributed by atoms with van der Waals surface area (Å²) in [6.07, 6.45) is 13.2. The molecule has 1 saturated carbocycles. The molecule has 2 atom stereocenters. The molecule has 1 fully saturated rings. The molecule has 0 aromatic carbocycles. The van der Waals surface area contributed by atoms with E-state index < -0.39 is 0 Å². The number of nitrogens with zero attached hydrogens (tertiary/aromatic N) is 1. The van der Waals surface area contributed by atoms with Gasteiger partial charge < -0.3 is 10.1 Å². The van der Waals surface area contributed by atoms with Gasteiger partial charge in [-0.25, -0.2) is 0 Å². The molecular weight excluding hydrogens is 248 g/mol. The zero-order valence-electron chi connectivity index (χ0n) is 12.2. The van der Waals surface area contributed by atoms with Crippen molar-refractivity contribution in [2.45, 2.75) is 45.2 Å². The molecule has 0 aliphatic heterocycles. The summed E-state index contributed by atoms with van der Waals surface area (Å²) in [5.41, 5.74) is 1.23. The first-order valence-electron chi connectivity index (χ1n) is 7.77. The Morgan fingerprint density at radius 3 is 2.95 bits per heavy atom. The number of aromatic nitrogens is 1. The number of allylic oxidation sites excluding steroid dienone is 2. The van der Waals surface area contributed by atoms with Crippen molar-refractivity contribution in [1.29, 1.82) is 0 Å². The van der Waals surface area contributed by atoms with E-state index >= 15 is 0 Å². The lowest BCUT2D eigenvalue weighted by molar-refractivity contribution is 0.196. The molecule has 2 aliphatic carbocycles. The van der Waals surface area contributed by atoms with E-state index in [4.69, 9.17) is 4.74 Å². The highest BCUT2D eigenvalue weighted by Crippen LogP contribution is 2.27. The monoisotopic (exact) mass is 272 g/mol. The lowest BCUT2D eigenvalue weighted by atomic mass is 9.85. The summed E-state index contributed by atoms with van der Waals surface area (Å²) in [7, 11) is 0. The van der Waals surface area contributed by atoms with Crippen LogP contribution >= 0.6 is 0 Å². The average Bonchev–Trinajstić information content (AvgIpc) is 3.29. The first kappa shape index (κ1) is 13.6. The number of pyridine rings is 1. The number of hydrogen-bond donors (Lipinski definition) is 1. The highest BCUT2D eigenvalue weighted by molar-refractivity contribution is 5.29. The Bertz CT molecular complexity index is 468. The fourth-order valence-electron chi connectivity index (χ4n) is 2.66. The molecule has 0 bridgehead atoms. The Balaban J connectivity index is 1.56. The van der Waals surface area contributed by atoms with E-state index in [9.17, 15) is 0 Å². The van der Waals surface area contributed by atoms with Crippen molar-refractivity contribution in [3.63, 3.8) is 0 Å². The summed E-state index contributed by atoms with van der Waals surface area (Å²) in [5.74, 6) is 2.29. The van der Waals surface area contributed by atoms with Crippen molar-refractivity contribution >= 4 is 0 Å². The quantitative estimate of drug-likeness (QED) is 0.807. The average molecular weight is 272 g/mol. The van der Waals surface area contributed by atoms with Gasteiger partial charge in [0.1, 0.15) is 5.75 Å². The Morgan fingerprint density at radius 1 is 1.30 bits per heavy atom. The van der Waals surface area contributed by atoms with Crippen LogP contribution < -0.4 is 10.1 Å². The summed E-state index contributed by atoms with van der Waals surface area (Å²) in [6.45, 7) is 4.01. The molecule has 1 N–H and O–H groups in total. The van der Waals surface area contributed by atoms with Crippen LogP contribution in [0, 0.1) is 11.8 Å². The molecule has 20 heavy (non-hydrogen) atoms. The second-order valence-corrected chi connectivity index (χ2v) is 6.13. The minimum atomic E-state index is 0.629. The maximum absolute atomic E-state index is 6.06. The second-order valence-electron chi connectivity index (χ2n) is 6.13. The largest absolute Gasteiger partial charge is 0.491 e. The lowest BCUT2D eigenvalue weighted by Gasteiger charge is -2.25. The molecule has 3 heteroatoms. The predicted molar refractivity (Wildman–Crippen MR) is 80.6 cm³/mol. The summed E-state index contributed by atoms with van der Waals surface area (Å²) in [6, 6.07) is 2.79. The van der Waals surface area contributed by atoms with Gasteiger partial charge in [0.2, 0.25) is 0 Å². The van der Waals surface area contributed by atoms with E-state index in [-0.39, 0.29) is 0 Å². The van der Waals surface area contributed by atoms with Crippen LogP contribution in [0.2, 0.25) is 0 Å². The van der Waals surface area contributed by atoms with Crippen LogP contribution in [0.3, 0.4) is 0 Å². The molecule has 2 aliphatic rings. The van der Waals surface area contributed by atoms with Gasteiger partial charge in [-0.1, -0.05) is 19.1 Å². The smallest absolute Gasteiger partial charge is 0.142 e. The molecule has 108 valence electrons. The van der Waals surface area contributed by atoms with Crippen LogP contribution in [0.25, 0.3) is 0 Å². The number of rotatable bonds is 6. The van der Waals surface area contributed by atoms with Crippen molar-refractivity contribution in [3.8, 4) is 5.75 Å². The highest BCUT2D eigenvalue weighted by Gasteiger charge is 2.21. The minimum Gasteiger partial charge on any atom is -0.491 e. The third kappa shape index (κ3) is 3.60. The lowest BCUT2D eigenvalue weighted by Crippen LogP contribution is -2.22. The van der Waals surface area contributed by atoms with E-state index in [1.807, 2.05) is 12.4 Å². The topological polar surface area (TPSA) is 34.1 Å². The van der Waals surface area contributed by atoms with Crippen molar-refractivity contribution in [2.75, 3.05) is 6.61 Å². The van der Waals surface area contributed by atoms with Crippen LogP contribution in [0.15, 0.2) is 30.6 Å². The van der Waals surface area contributed by atoms with Gasteiger partial charge in [-0.3, -0.25) is 4.98 Å². The standard InChI is InChI=1S/C17H24N2O/c1-13-4-2-3-5-15(13)12-20-17-11-18-9-8-14(17)10-19-16-6-7-16/h2-3,8-9,11,13,15-16,19H,4-7,10,12H2,1H3. The molecule has 0 radical (unpaired) electrons. The van der Waals surface area contributed by atoms with Gasteiger partial charge in [0.15, 0.2) is 0 Å². The number of hydrogen-bond acceptors (Lipinski definition) is 3. The summed E-state index contributed by atoms with van der Waals surface area (Å²) in [5, 5.41) is 3.54. The maximum Gasteiger partial charge on any atom is 0.142 e. The van der Waals surface area contributed by atoms with Crippen molar-refractivity contribution in [1.82, 2.24) is 10.3 Å². The number of ether oxygens (including phenoxy) is 1. The van der Waals surface area contributed by atoms with Gasteiger partial charge in [0, 0.05) is 24.3 Å². The first-order valence-corrected chi connectivity index (χ1v) is 7.77. The molecule has 0 spiro atoms. The SMILES string of the molecule is CC1CC=CCC1COc1cnccc1CNC1CC1. The van der Waals surface area contributed by atoms with E-state index in [2.05, 4.69) is 35.4 Å². The van der Waals surface area contributed by atoms with Gasteiger partial charge in [-0.05, 0) is 43.6 Å². The molecule has 1 aromatic rings. The van der Waals surface area contributed by atoms with E-state index in [1.54, 1.807) is 0 Å². The Kier molecular flexibility index (Phi) is 4.36. The zero-order valence-corrected chi connectivity index (χ0v) is 12.2. The Labute approximate surface area is 121 Å². The van der Waals surface area contributed by atoms with Crippen LogP contribution in [0.1, 0.15) is 38.2 Å². The zero-order chi connectivity index (χ0) is 13.8. The van der Waals surface area contributed by atoms with Crippen LogP contribution in [-0.2, 0) is 6.54 Å². The third-order valence-electron chi connectivity index (χ3n) is 4.40. The van der Waals surface area contributed by atoms with Crippen molar-refractivity contribution < 1.29 is 4.74 Å². The second kappa shape index (κ2) is 6.40. The van der Waals surface area contributed by atoms with Crippen LogP contribution in [0.4, 0.5) is 0 Å². The fourth-order valence-corrected chi connectivity index (χ4v) is 2.66. The number of nitrogens with one attached hydrogen (secondary N) is 1. The highest BCUT2D eigenvalue weighted by atomic mass is 16.5. The minimum absolute atomic E-state index is 0.629. The van der Waals surface area contributed by atoms with Crippen LogP contribution in [-0.4, -0.2) is 17.6 Å². The molecule has 1 aromatic heterocycles. The van der Waals surface area contributed by atoms with E-state index in [0.717, 1.165) is 31.4 Å². The van der Waals surface area contributed by atoms with Gasteiger partial charge >= 0.3 is 0 Å². The van der Waals surface area contributed by atoms with Crippen molar-refractivity contribution in [2.24, 2.45) is 11.8 Å². The molecule has 2 unspecified atom stereocenters. The summed E-state index contributed by atoms with van der Waals surface area (Å²) >= 11 is 0. The Morgan fingerprint density at radius 2 is 2.15 bits per heavy atom. The molecule has 0 saturated heterocycles. The predicted octanol–water partition coefficient (Wildman–Crippen LogP) is 3.31. The molecule has 3 rings (SSSR count). The normalized spacial score (nSPS) is 25.6. The molecular formula is C17H24N2O. The van der Waals surface area contributed by atoms with Gasteiger partial charge in [0.25, 0.3) is 0 Å². The fraction of sp³-hybridized carbons (Fsp3) is 0.588. The van der Waals surface area contributed by atoms with E-state index in [1.165, 1.54) is 24.8 Å². The molecule has 0 amide bonds. The Hall–Kier alpha value is -1.35. The maximum atomic E-state index is 6.06. The van der Waals surface area contributed by atoms with Gasteiger partial charge in [-0.15, -0.1) is 0 Å². The third-order valence-corrected chi connectivity index (χ3v) is 4.40. The molecule has 1 heterocycles. The van der Waals surface area contributed by atoms with E-state index in [0.29, 0.717) is 11.8 Å². The van der Waals surface area contributed by atoms with Gasteiger partial charge in [0.05, 0.1) is 12.8 Å². The van der Waals surface area contributed by atoms with Gasteiger partial charge in [-0.2, -0.15) is 0 Å². The van der Waals surface area contributed by atoms with Crippen LogP contribution in [0.5, 0.6) is 5.75 Å². The summed E-state index contributed by atoms with van der Waals surface area (Å²) < 4.78 is 6.06. The first-order chi connectivity index (χ1) is 9.83. The summed E-state index contributed by atoms with van der Waals surface area (Å²) in [4.78, 5) is 4.20.